The van der Waals surface area contributed by atoms with Crippen molar-refractivity contribution in [2.75, 3.05) is 0 Å². The molecular weight excluding hydrogens is 186 g/mol. The minimum absolute atomic E-state index is 0.0799. The van der Waals surface area contributed by atoms with Gasteiger partial charge in [0, 0.05) is 0 Å². The van der Waals surface area contributed by atoms with Crippen molar-refractivity contribution in [1.82, 2.24) is 0 Å². The molecule has 0 heterocycles. The number of aliphatic hydroxyl groups excluding tert-OH is 1. The summed E-state index contributed by atoms with van der Waals surface area (Å²) in [6, 6.07) is 0. The molecule has 4 heteroatoms. The van der Waals surface area contributed by atoms with Crippen LogP contribution >= 0.6 is 11.6 Å². The zero-order chi connectivity index (χ0) is 9.61. The standard InChI is InChI=1S/C8H15ClF2O/c1-2-3-4-5-6-7(12)8(9,10)11/h7,12H,2-6H2,1H3/t7-/m1/s1. The van der Waals surface area contributed by atoms with Crippen molar-refractivity contribution < 1.29 is 13.9 Å². The van der Waals surface area contributed by atoms with Gasteiger partial charge >= 0.3 is 5.38 Å². The van der Waals surface area contributed by atoms with Crippen LogP contribution in [-0.4, -0.2) is 16.6 Å². The van der Waals surface area contributed by atoms with E-state index in [2.05, 4.69) is 11.6 Å². The van der Waals surface area contributed by atoms with Gasteiger partial charge in [0.05, 0.1) is 0 Å². The highest BCUT2D eigenvalue weighted by molar-refractivity contribution is 6.22. The molecule has 12 heavy (non-hydrogen) atoms. The van der Waals surface area contributed by atoms with Crippen LogP contribution in [0.25, 0.3) is 0 Å². The summed E-state index contributed by atoms with van der Waals surface area (Å²) in [6.45, 7) is 2.03. The summed E-state index contributed by atoms with van der Waals surface area (Å²) in [5, 5.41) is 5.34. The highest BCUT2D eigenvalue weighted by Crippen LogP contribution is 2.26. The quantitative estimate of drug-likeness (QED) is 0.516. The molecule has 0 aliphatic rings. The molecule has 0 rings (SSSR count). The van der Waals surface area contributed by atoms with E-state index >= 15 is 0 Å². The van der Waals surface area contributed by atoms with E-state index in [1.807, 2.05) is 6.92 Å². The van der Waals surface area contributed by atoms with E-state index in [1.165, 1.54) is 0 Å². The first kappa shape index (κ1) is 12.1. The van der Waals surface area contributed by atoms with Crippen LogP contribution in [-0.2, 0) is 0 Å². The molecule has 0 aliphatic carbocycles. The monoisotopic (exact) mass is 200 g/mol. The van der Waals surface area contributed by atoms with Crippen LogP contribution in [0.5, 0.6) is 0 Å². The van der Waals surface area contributed by atoms with Gasteiger partial charge in [-0.2, -0.15) is 8.78 Å². The Hall–Kier alpha value is 0.110. The zero-order valence-corrected chi connectivity index (χ0v) is 7.95. The van der Waals surface area contributed by atoms with Gasteiger partial charge in [0.15, 0.2) is 0 Å². The molecule has 0 saturated heterocycles. The van der Waals surface area contributed by atoms with Gasteiger partial charge in [-0.1, -0.05) is 32.6 Å². The maximum absolute atomic E-state index is 12.1. The summed E-state index contributed by atoms with van der Waals surface area (Å²) in [4.78, 5) is 0. The topological polar surface area (TPSA) is 20.2 Å². The first-order chi connectivity index (χ1) is 5.48. The number of hydrogen-bond donors (Lipinski definition) is 1. The van der Waals surface area contributed by atoms with Gasteiger partial charge in [-0.25, -0.2) is 0 Å². The second-order valence-corrected chi connectivity index (χ2v) is 3.41. The van der Waals surface area contributed by atoms with Crippen LogP contribution in [0.15, 0.2) is 0 Å². The second-order valence-electron chi connectivity index (χ2n) is 2.91. The number of alkyl halides is 3. The minimum atomic E-state index is -3.47. The maximum atomic E-state index is 12.1. The molecule has 0 fully saturated rings. The number of unbranched alkanes of at least 4 members (excludes halogenated alkanes) is 3. The summed E-state index contributed by atoms with van der Waals surface area (Å²) >= 11 is 4.61. The number of rotatable bonds is 6. The van der Waals surface area contributed by atoms with Crippen molar-refractivity contribution in [1.29, 1.82) is 0 Å². The van der Waals surface area contributed by atoms with E-state index in [4.69, 9.17) is 5.11 Å². The van der Waals surface area contributed by atoms with E-state index < -0.39 is 11.5 Å². The van der Waals surface area contributed by atoms with Crippen molar-refractivity contribution in [3.8, 4) is 0 Å². The molecule has 0 unspecified atom stereocenters. The highest BCUT2D eigenvalue weighted by Gasteiger charge is 2.34. The van der Waals surface area contributed by atoms with E-state index in [9.17, 15) is 8.78 Å². The summed E-state index contributed by atoms with van der Waals surface area (Å²) in [5.41, 5.74) is 0. The Balaban J connectivity index is 3.38. The summed E-state index contributed by atoms with van der Waals surface area (Å²) in [7, 11) is 0. The predicted octanol–water partition coefficient (Wildman–Crippen LogP) is 3.15. The van der Waals surface area contributed by atoms with Crippen LogP contribution in [0.1, 0.15) is 39.0 Å². The molecule has 0 aromatic carbocycles. The lowest BCUT2D eigenvalue weighted by Crippen LogP contribution is -2.26. The Morgan fingerprint density at radius 1 is 1.33 bits per heavy atom. The molecule has 1 nitrogen and oxygen atoms in total. The van der Waals surface area contributed by atoms with Gasteiger partial charge in [-0.05, 0) is 18.0 Å². The molecule has 0 aromatic rings. The fraction of sp³-hybridized carbons (Fsp3) is 1.00. The molecule has 0 radical (unpaired) electrons. The molecule has 0 aromatic heterocycles. The van der Waals surface area contributed by atoms with E-state index in [-0.39, 0.29) is 6.42 Å². The van der Waals surface area contributed by atoms with Crippen molar-refractivity contribution in [2.24, 2.45) is 0 Å². The lowest BCUT2D eigenvalue weighted by atomic mass is 10.1. The van der Waals surface area contributed by atoms with Crippen molar-refractivity contribution in [3.63, 3.8) is 0 Å². The summed E-state index contributed by atoms with van der Waals surface area (Å²) in [6.07, 6.45) is 1.93. The van der Waals surface area contributed by atoms with Gasteiger partial charge in [-0.3, -0.25) is 0 Å². The smallest absolute Gasteiger partial charge is 0.347 e. The first-order valence-electron chi connectivity index (χ1n) is 4.23. The summed E-state index contributed by atoms with van der Waals surface area (Å²) in [5.74, 6) is 0. The number of aliphatic hydroxyl groups is 1. The zero-order valence-electron chi connectivity index (χ0n) is 7.19. The van der Waals surface area contributed by atoms with Gasteiger partial charge in [0.1, 0.15) is 6.10 Å². The van der Waals surface area contributed by atoms with E-state index in [1.54, 1.807) is 0 Å². The average Bonchev–Trinajstić information content (AvgIpc) is 1.96. The van der Waals surface area contributed by atoms with Gasteiger partial charge < -0.3 is 5.11 Å². The van der Waals surface area contributed by atoms with Crippen molar-refractivity contribution in [2.45, 2.75) is 50.5 Å². The molecule has 0 aliphatic heterocycles. The Kier molecular flexibility index (Phi) is 5.76. The molecule has 1 atom stereocenters. The molecule has 0 spiro atoms. The van der Waals surface area contributed by atoms with Crippen LogP contribution in [0.3, 0.4) is 0 Å². The van der Waals surface area contributed by atoms with Crippen LogP contribution in [0.2, 0.25) is 0 Å². The highest BCUT2D eigenvalue weighted by atomic mass is 35.5. The largest absolute Gasteiger partial charge is 0.385 e. The van der Waals surface area contributed by atoms with Gasteiger partial charge in [-0.15, -0.1) is 0 Å². The minimum Gasteiger partial charge on any atom is -0.385 e. The lowest BCUT2D eigenvalue weighted by molar-refractivity contribution is -0.0452. The number of halogens is 3. The average molecular weight is 201 g/mol. The second kappa shape index (κ2) is 5.70. The molecule has 74 valence electrons. The fourth-order valence-corrected chi connectivity index (χ4v) is 1.04. The lowest BCUT2D eigenvalue weighted by Gasteiger charge is -2.15. The van der Waals surface area contributed by atoms with Crippen molar-refractivity contribution >= 4 is 11.6 Å². The number of hydrogen-bond acceptors (Lipinski definition) is 1. The molecule has 1 N–H and O–H groups in total. The molecule has 0 bridgehead atoms. The molecular formula is C8H15ClF2O. The van der Waals surface area contributed by atoms with Gasteiger partial charge in [0.2, 0.25) is 0 Å². The van der Waals surface area contributed by atoms with E-state index in [0.29, 0.717) is 6.42 Å². The Morgan fingerprint density at radius 2 is 1.92 bits per heavy atom. The van der Waals surface area contributed by atoms with Crippen molar-refractivity contribution in [3.05, 3.63) is 0 Å². The Bertz CT molecular complexity index is 114. The molecule has 0 amide bonds. The SMILES string of the molecule is CCCCCC[C@@H](O)C(F)(F)Cl. The normalized spacial score (nSPS) is 14.8. The third kappa shape index (κ3) is 5.72. The first-order valence-corrected chi connectivity index (χ1v) is 4.61. The fourth-order valence-electron chi connectivity index (χ4n) is 0.928. The Morgan fingerprint density at radius 3 is 2.33 bits per heavy atom. The third-order valence-electron chi connectivity index (χ3n) is 1.71. The predicted molar refractivity (Wildman–Crippen MR) is 45.6 cm³/mol. The maximum Gasteiger partial charge on any atom is 0.347 e. The van der Waals surface area contributed by atoms with Crippen LogP contribution in [0.4, 0.5) is 8.78 Å². The third-order valence-corrected chi connectivity index (χ3v) is 1.96. The Labute approximate surface area is 76.7 Å². The van der Waals surface area contributed by atoms with Crippen LogP contribution < -0.4 is 0 Å². The van der Waals surface area contributed by atoms with Crippen LogP contribution in [0, 0.1) is 0 Å². The summed E-state index contributed by atoms with van der Waals surface area (Å²) < 4.78 is 24.3. The molecule has 0 saturated carbocycles. The van der Waals surface area contributed by atoms with Gasteiger partial charge in [0.25, 0.3) is 0 Å². The van der Waals surface area contributed by atoms with E-state index in [0.717, 1.165) is 19.3 Å².